The lowest BCUT2D eigenvalue weighted by atomic mass is 10.0. The molecule has 5 aromatic carbocycles. The first-order valence-electron chi connectivity index (χ1n) is 34.7. The van der Waals surface area contributed by atoms with Crippen LogP contribution in [-0.4, -0.2) is 158 Å². The van der Waals surface area contributed by atoms with Crippen LogP contribution in [0.1, 0.15) is 71.1 Å². The van der Waals surface area contributed by atoms with Crippen LogP contribution in [0, 0.1) is 40.9 Å². The number of aromatic amines is 3. The average Bonchev–Trinajstić information content (AvgIpc) is 1.61. The number of primary amides is 1. The van der Waals surface area contributed by atoms with E-state index in [-0.39, 0.29) is 30.1 Å². The number of hydrogen-bond donors (Lipinski definition) is 6. The first kappa shape index (κ1) is 71.5. The van der Waals surface area contributed by atoms with E-state index in [4.69, 9.17) is 44.4 Å². The Bertz CT molecular complexity index is 5360. The van der Waals surface area contributed by atoms with Gasteiger partial charge in [0, 0.05) is 179 Å². The van der Waals surface area contributed by atoms with Crippen molar-refractivity contribution in [3.05, 3.63) is 198 Å². The van der Waals surface area contributed by atoms with Gasteiger partial charge in [-0.05, 0) is 145 Å². The van der Waals surface area contributed by atoms with Crippen molar-refractivity contribution in [3.63, 3.8) is 0 Å². The molecule has 0 spiro atoms. The lowest BCUT2D eigenvalue weighted by Gasteiger charge is -2.32. The fourth-order valence-electron chi connectivity index (χ4n) is 13.5. The molecular weight excluding hydrogens is 1340 g/mol. The first-order chi connectivity index (χ1) is 51.7. The van der Waals surface area contributed by atoms with Crippen LogP contribution in [0.2, 0.25) is 0 Å². The van der Waals surface area contributed by atoms with Gasteiger partial charge in [-0.15, -0.1) is 0 Å². The van der Waals surface area contributed by atoms with Gasteiger partial charge in [-0.1, -0.05) is 12.1 Å². The molecule has 15 rings (SSSR count). The fraction of sp³-hybridized carbons (Fsp3) is 0.244. The Morgan fingerprint density at radius 3 is 1.37 bits per heavy atom. The van der Waals surface area contributed by atoms with Gasteiger partial charge in [0.1, 0.15) is 72.7 Å². The van der Waals surface area contributed by atoms with Gasteiger partial charge in [0.2, 0.25) is 23.6 Å². The van der Waals surface area contributed by atoms with Gasteiger partial charge < -0.3 is 69.1 Å². The Balaban J connectivity index is 0.000000141. The number of pyridine rings is 4. The summed E-state index contributed by atoms with van der Waals surface area (Å²) in [4.78, 5) is 66.6. The normalized spacial score (nSPS) is 14.0. The zero-order valence-corrected chi connectivity index (χ0v) is 58.5. The molecule has 3 fully saturated rings. The molecule has 24 heteroatoms. The van der Waals surface area contributed by atoms with E-state index in [2.05, 4.69) is 66.1 Å². The van der Waals surface area contributed by atoms with Gasteiger partial charge >= 0.3 is 0 Å². The maximum Gasteiger partial charge on any atom is 0.248 e. The number of piperidine rings is 2. The predicted molar refractivity (Wildman–Crippen MR) is 398 cm³/mol. The Hall–Kier alpha value is -12.9. The second-order valence-electron chi connectivity index (χ2n) is 25.7. The molecule has 3 amide bonds. The predicted octanol–water partition coefficient (Wildman–Crippen LogP) is 12.4. The van der Waals surface area contributed by atoms with E-state index in [0.717, 1.165) is 124 Å². The molecule has 3 saturated heterocycles. The number of nitrogens with two attached hydrogens (primary N) is 1. The third kappa shape index (κ3) is 16.0. The summed E-state index contributed by atoms with van der Waals surface area (Å²) in [5.41, 5.74) is 21.5. The van der Waals surface area contributed by atoms with Crippen molar-refractivity contribution in [2.45, 2.75) is 63.8 Å². The summed E-state index contributed by atoms with van der Waals surface area (Å²) >= 11 is 0. The van der Waals surface area contributed by atoms with Crippen LogP contribution >= 0.6 is 0 Å². The summed E-state index contributed by atoms with van der Waals surface area (Å²) in [6.45, 7) is 4.54. The number of fused-ring (bicyclic) bond motifs is 3. The zero-order valence-electron chi connectivity index (χ0n) is 58.5. The molecular formula is C82H75N13O11. The number of nitrogens with one attached hydrogen (secondary N) is 3. The van der Waals surface area contributed by atoms with Crippen molar-refractivity contribution < 1.29 is 53.0 Å². The highest BCUT2D eigenvalue weighted by molar-refractivity contribution is 6.00. The van der Waals surface area contributed by atoms with Crippen molar-refractivity contribution >= 4 is 50.4 Å². The Labute approximate surface area is 610 Å². The summed E-state index contributed by atoms with van der Waals surface area (Å²) in [6.07, 6.45) is 11.1. The number of nitriles is 3. The maximum atomic E-state index is 11.7. The van der Waals surface area contributed by atoms with Crippen LogP contribution in [-0.2, 0) is 14.3 Å². The van der Waals surface area contributed by atoms with Gasteiger partial charge in [0.15, 0.2) is 0 Å². The zero-order chi connectivity index (χ0) is 73.8. The standard InChI is InChI=1S/C29H28N4O4.C27H25N5O4.C26H22N4O3/c1-18-13-22(36-2)4-5-23(18)26-15-24-25(32-26)7-10-31-29(24)19-3-6-27(20(14-19)16-30)37-21-8-11-33(12-9-21)28(35)17-34;1-35-25-5-3-18(15-30-25)23-13-21-22(31-23)6-9-29-27(21)17-2-4-24(19(12-17)14-28)36-20-7-10-32(11-8-20)26(34)16-33;27-15-19-13-17(4-5-24(19)33-20-7-10-32-11-8-20)25-21-14-23(30-22(21)6-9-29-25)16-2-1-3-18(12-16)26(28)31/h3-7,10,13-15,21,32,34H,8-9,11-12,17H2,1-2H3;2-6,9,12-13,15,20,31,33H,7-8,10-11,16H2,1H3;1-6,9,12-14,20,30H,7-8,10-11H2,(H2,28,31). The molecule has 0 radical (unpaired) electrons. The molecule has 10 heterocycles. The molecule has 0 atom stereocenters. The highest BCUT2D eigenvalue weighted by Crippen LogP contribution is 2.39. The number of aromatic nitrogens is 7. The number of H-pyrrole nitrogens is 3. The highest BCUT2D eigenvalue weighted by Gasteiger charge is 2.27. The third-order valence-electron chi connectivity index (χ3n) is 19.1. The minimum absolute atomic E-state index is 0.0571. The van der Waals surface area contributed by atoms with Gasteiger partial charge in [0.05, 0.1) is 61.2 Å². The lowest BCUT2D eigenvalue weighted by molar-refractivity contribution is -0.136. The Kier molecular flexibility index (Phi) is 22.0. The molecule has 24 nitrogen and oxygen atoms in total. The van der Waals surface area contributed by atoms with Crippen LogP contribution in [0.25, 0.3) is 100 Å². The number of carbonyl (C=O) groups is 3. The number of hydrogen-bond acceptors (Lipinski definition) is 18. The van der Waals surface area contributed by atoms with Crippen molar-refractivity contribution in [1.82, 2.24) is 44.7 Å². The van der Waals surface area contributed by atoms with E-state index in [1.807, 2.05) is 109 Å². The topological polar surface area (TPSA) is 350 Å². The van der Waals surface area contributed by atoms with Crippen molar-refractivity contribution in [3.8, 4) is 115 Å². The second-order valence-corrected chi connectivity index (χ2v) is 25.7. The van der Waals surface area contributed by atoms with E-state index in [9.17, 15) is 30.2 Å². The summed E-state index contributed by atoms with van der Waals surface area (Å²) in [5.74, 6) is 1.97. The summed E-state index contributed by atoms with van der Waals surface area (Å²) in [7, 11) is 3.24. The first-order valence-corrected chi connectivity index (χ1v) is 34.7. The van der Waals surface area contributed by atoms with E-state index in [1.54, 1.807) is 79.1 Å². The molecule has 3 aliphatic heterocycles. The van der Waals surface area contributed by atoms with Gasteiger partial charge in [-0.2, -0.15) is 15.8 Å². The number of likely N-dealkylation sites (tertiary alicyclic amines) is 2. The number of amides is 3. The molecule has 534 valence electrons. The van der Waals surface area contributed by atoms with Crippen LogP contribution in [0.3, 0.4) is 0 Å². The number of ether oxygens (including phenoxy) is 6. The van der Waals surface area contributed by atoms with Crippen molar-refractivity contribution in [2.24, 2.45) is 5.73 Å². The summed E-state index contributed by atoms with van der Waals surface area (Å²) in [5, 5.41) is 50.3. The maximum absolute atomic E-state index is 11.7. The largest absolute Gasteiger partial charge is 0.497 e. The number of aliphatic hydroxyl groups excluding tert-OH is 2. The quantitative estimate of drug-likeness (QED) is 0.0493. The minimum atomic E-state index is -0.480. The molecule has 0 bridgehead atoms. The third-order valence-corrected chi connectivity index (χ3v) is 19.1. The molecule has 7 N–H and O–H groups in total. The number of benzene rings is 5. The molecule has 7 aromatic heterocycles. The van der Waals surface area contributed by atoms with Crippen molar-refractivity contribution in [2.75, 3.05) is 66.8 Å². The molecule has 3 aliphatic rings. The molecule has 106 heavy (non-hydrogen) atoms. The SMILES string of the molecule is COc1ccc(-c2cc3c(-c4ccc(OC5CCN(C(=O)CO)CC5)c(C#N)c4)nccc3[nH]2)c(C)c1.COc1ccc(-c2cc3c(-c4ccc(OC5CCN(C(=O)CO)CC5)c(C#N)c4)nccc3[nH]2)cn1.N#Cc1cc(-c2nccc3[nH]c(-c4cccc(C(N)=O)c4)cc23)ccc1OC1CCOCC1. The van der Waals surface area contributed by atoms with Crippen LogP contribution in [0.15, 0.2) is 170 Å². The molecule has 12 aromatic rings. The van der Waals surface area contributed by atoms with E-state index in [1.165, 1.54) is 0 Å². The molecule has 0 unspecified atom stereocenters. The van der Waals surface area contributed by atoms with Gasteiger partial charge in [-0.3, -0.25) is 29.3 Å². The Morgan fingerprint density at radius 2 is 0.953 bits per heavy atom. The second kappa shape index (κ2) is 32.6. The summed E-state index contributed by atoms with van der Waals surface area (Å²) < 4.78 is 34.2. The highest BCUT2D eigenvalue weighted by atomic mass is 16.5. The average molecular weight is 1420 g/mol. The van der Waals surface area contributed by atoms with E-state index >= 15 is 0 Å². The monoisotopic (exact) mass is 1420 g/mol. The smallest absolute Gasteiger partial charge is 0.248 e. The minimum Gasteiger partial charge on any atom is -0.497 e. The van der Waals surface area contributed by atoms with Gasteiger partial charge in [0.25, 0.3) is 0 Å². The summed E-state index contributed by atoms with van der Waals surface area (Å²) in [6, 6.07) is 52.2. The van der Waals surface area contributed by atoms with Crippen LogP contribution in [0.4, 0.5) is 0 Å². The van der Waals surface area contributed by atoms with Crippen LogP contribution < -0.4 is 29.4 Å². The van der Waals surface area contributed by atoms with E-state index in [0.29, 0.717) is 110 Å². The molecule has 0 saturated carbocycles. The number of carbonyl (C=O) groups excluding carboxylic acids is 3. The fourth-order valence-corrected chi connectivity index (χ4v) is 13.5. The Morgan fingerprint density at radius 1 is 0.509 bits per heavy atom. The lowest BCUT2D eigenvalue weighted by Crippen LogP contribution is -2.42. The van der Waals surface area contributed by atoms with Crippen molar-refractivity contribution in [1.29, 1.82) is 15.8 Å². The molecule has 0 aliphatic carbocycles. The number of aryl methyl sites for hydroxylation is 1. The van der Waals surface area contributed by atoms with E-state index < -0.39 is 19.1 Å². The number of methoxy groups -OCH3 is 2. The van der Waals surface area contributed by atoms with Crippen LogP contribution in [0.5, 0.6) is 28.9 Å². The van der Waals surface area contributed by atoms with Gasteiger partial charge in [-0.25, -0.2) is 4.98 Å². The number of nitrogens with zero attached hydrogens (tertiary/aromatic N) is 9. The number of aliphatic hydroxyl groups is 2. The number of rotatable bonds is 17.